The molecular formula is C13H16FN3. The molecule has 1 aromatic rings. The van der Waals surface area contributed by atoms with Gasteiger partial charge in [0, 0.05) is 6.04 Å². The first-order valence-electron chi connectivity index (χ1n) is 5.77. The van der Waals surface area contributed by atoms with E-state index >= 15 is 0 Å². The van der Waals surface area contributed by atoms with E-state index < -0.39 is 5.82 Å². The first-order valence-corrected chi connectivity index (χ1v) is 5.77. The smallest absolute Gasteiger partial charge is 0.140 e. The Bertz CT molecular complexity index is 452. The zero-order valence-corrected chi connectivity index (χ0v) is 9.86. The van der Waals surface area contributed by atoms with Crippen molar-refractivity contribution in [2.75, 3.05) is 20.1 Å². The van der Waals surface area contributed by atoms with Crippen LogP contribution < -0.4 is 5.73 Å². The number of nitrogens with zero attached hydrogens (tertiary/aromatic N) is 2. The van der Waals surface area contributed by atoms with Crippen molar-refractivity contribution in [1.82, 2.24) is 4.90 Å². The Labute approximate surface area is 101 Å². The van der Waals surface area contributed by atoms with Crippen LogP contribution in [0.5, 0.6) is 0 Å². The van der Waals surface area contributed by atoms with Gasteiger partial charge in [0.05, 0.1) is 5.56 Å². The van der Waals surface area contributed by atoms with E-state index in [0.717, 1.165) is 18.5 Å². The van der Waals surface area contributed by atoms with Crippen molar-refractivity contribution in [3.05, 3.63) is 35.1 Å². The van der Waals surface area contributed by atoms with Gasteiger partial charge in [0.15, 0.2) is 0 Å². The summed E-state index contributed by atoms with van der Waals surface area (Å²) in [4.78, 5) is 2.21. The second kappa shape index (κ2) is 4.82. The SMILES string of the molecule is CN1CCC(CN)C1c1ccc(F)c(C#N)c1. The maximum atomic E-state index is 13.3. The predicted molar refractivity (Wildman–Crippen MR) is 63.6 cm³/mol. The summed E-state index contributed by atoms with van der Waals surface area (Å²) >= 11 is 0. The van der Waals surface area contributed by atoms with Crippen LogP contribution in [0.25, 0.3) is 0 Å². The molecule has 0 aromatic heterocycles. The van der Waals surface area contributed by atoms with Gasteiger partial charge in [-0.25, -0.2) is 4.39 Å². The average Bonchev–Trinajstić information content (AvgIpc) is 2.71. The van der Waals surface area contributed by atoms with Crippen molar-refractivity contribution in [3.8, 4) is 6.07 Å². The molecule has 2 N–H and O–H groups in total. The summed E-state index contributed by atoms with van der Waals surface area (Å²) in [6.45, 7) is 1.61. The summed E-state index contributed by atoms with van der Waals surface area (Å²) < 4.78 is 13.3. The Morgan fingerprint density at radius 1 is 1.59 bits per heavy atom. The van der Waals surface area contributed by atoms with Crippen molar-refractivity contribution < 1.29 is 4.39 Å². The van der Waals surface area contributed by atoms with Crippen LogP contribution in [0.4, 0.5) is 4.39 Å². The molecule has 0 spiro atoms. The van der Waals surface area contributed by atoms with Gasteiger partial charge in [0.1, 0.15) is 11.9 Å². The third kappa shape index (κ3) is 2.17. The monoisotopic (exact) mass is 233 g/mol. The van der Waals surface area contributed by atoms with Gasteiger partial charge in [-0.2, -0.15) is 5.26 Å². The zero-order valence-electron chi connectivity index (χ0n) is 9.86. The molecule has 4 heteroatoms. The minimum atomic E-state index is -0.457. The second-order valence-corrected chi connectivity index (χ2v) is 4.56. The molecule has 17 heavy (non-hydrogen) atoms. The first kappa shape index (κ1) is 12.0. The maximum absolute atomic E-state index is 13.3. The number of likely N-dealkylation sites (tertiary alicyclic amines) is 1. The Kier molecular flexibility index (Phi) is 3.41. The Morgan fingerprint density at radius 3 is 3.00 bits per heavy atom. The second-order valence-electron chi connectivity index (χ2n) is 4.56. The normalized spacial score (nSPS) is 24.8. The van der Waals surface area contributed by atoms with Gasteiger partial charge in [-0.15, -0.1) is 0 Å². The average molecular weight is 233 g/mol. The Hall–Kier alpha value is -1.44. The fourth-order valence-corrected chi connectivity index (χ4v) is 2.61. The molecule has 1 aliphatic rings. The standard InChI is InChI=1S/C13H16FN3/c1-17-5-4-10(7-15)13(17)9-2-3-12(14)11(6-9)8-16/h2-3,6,10,13H,4-5,7,15H2,1H3. The number of hydrogen-bond donors (Lipinski definition) is 1. The highest BCUT2D eigenvalue weighted by Gasteiger charge is 2.32. The number of rotatable bonds is 2. The number of hydrogen-bond acceptors (Lipinski definition) is 3. The highest BCUT2D eigenvalue weighted by Crippen LogP contribution is 2.35. The van der Waals surface area contributed by atoms with E-state index in [9.17, 15) is 4.39 Å². The summed E-state index contributed by atoms with van der Waals surface area (Å²) in [5.41, 5.74) is 6.85. The van der Waals surface area contributed by atoms with E-state index in [4.69, 9.17) is 11.0 Å². The van der Waals surface area contributed by atoms with Crippen LogP contribution in [-0.2, 0) is 0 Å². The molecule has 3 nitrogen and oxygen atoms in total. The van der Waals surface area contributed by atoms with Gasteiger partial charge >= 0.3 is 0 Å². The first-order chi connectivity index (χ1) is 8.17. The lowest BCUT2D eigenvalue weighted by atomic mass is 9.93. The van der Waals surface area contributed by atoms with Gasteiger partial charge in [-0.3, -0.25) is 4.90 Å². The van der Waals surface area contributed by atoms with Crippen LogP contribution >= 0.6 is 0 Å². The molecule has 1 fully saturated rings. The molecule has 2 unspecified atom stereocenters. The fraction of sp³-hybridized carbons (Fsp3) is 0.462. The van der Waals surface area contributed by atoms with Gasteiger partial charge in [-0.1, -0.05) is 6.07 Å². The van der Waals surface area contributed by atoms with E-state index in [-0.39, 0.29) is 11.6 Å². The molecular weight excluding hydrogens is 217 g/mol. The molecule has 0 radical (unpaired) electrons. The van der Waals surface area contributed by atoms with E-state index in [1.165, 1.54) is 6.07 Å². The number of halogens is 1. The quantitative estimate of drug-likeness (QED) is 0.845. The molecule has 1 heterocycles. The van der Waals surface area contributed by atoms with Crippen LogP contribution in [0.1, 0.15) is 23.6 Å². The molecule has 2 atom stereocenters. The molecule has 0 bridgehead atoms. The largest absolute Gasteiger partial charge is 0.330 e. The van der Waals surface area contributed by atoms with Gasteiger partial charge < -0.3 is 5.73 Å². The van der Waals surface area contributed by atoms with Crippen LogP contribution in [0.15, 0.2) is 18.2 Å². The summed E-state index contributed by atoms with van der Waals surface area (Å²) in [6, 6.07) is 6.85. The number of nitriles is 1. The maximum Gasteiger partial charge on any atom is 0.140 e. The summed E-state index contributed by atoms with van der Waals surface area (Å²) in [6.07, 6.45) is 1.05. The highest BCUT2D eigenvalue weighted by atomic mass is 19.1. The minimum absolute atomic E-state index is 0.110. The molecule has 1 saturated heterocycles. The van der Waals surface area contributed by atoms with Crippen molar-refractivity contribution in [3.63, 3.8) is 0 Å². The van der Waals surface area contributed by atoms with Crippen LogP contribution in [-0.4, -0.2) is 25.0 Å². The summed E-state index contributed by atoms with van der Waals surface area (Å²) in [7, 11) is 2.04. The van der Waals surface area contributed by atoms with Gasteiger partial charge in [0.2, 0.25) is 0 Å². The molecule has 1 aliphatic heterocycles. The molecule has 1 aromatic carbocycles. The summed E-state index contributed by atoms with van der Waals surface area (Å²) in [5, 5.41) is 8.85. The van der Waals surface area contributed by atoms with Crippen molar-refractivity contribution in [2.24, 2.45) is 11.7 Å². The van der Waals surface area contributed by atoms with Crippen LogP contribution in [0.2, 0.25) is 0 Å². The molecule has 0 amide bonds. The third-order valence-corrected chi connectivity index (χ3v) is 3.53. The number of benzene rings is 1. The fourth-order valence-electron chi connectivity index (χ4n) is 2.61. The highest BCUT2D eigenvalue weighted by molar-refractivity contribution is 5.36. The molecule has 90 valence electrons. The Balaban J connectivity index is 2.36. The molecule has 0 saturated carbocycles. The van der Waals surface area contributed by atoms with E-state index in [1.54, 1.807) is 12.1 Å². The van der Waals surface area contributed by atoms with Gasteiger partial charge in [-0.05, 0) is 50.2 Å². The third-order valence-electron chi connectivity index (χ3n) is 3.53. The van der Waals surface area contributed by atoms with E-state index in [2.05, 4.69) is 4.90 Å². The van der Waals surface area contributed by atoms with Crippen molar-refractivity contribution >= 4 is 0 Å². The van der Waals surface area contributed by atoms with Gasteiger partial charge in [0.25, 0.3) is 0 Å². The predicted octanol–water partition coefficient (Wildman–Crippen LogP) is 1.65. The van der Waals surface area contributed by atoms with Crippen LogP contribution in [0, 0.1) is 23.1 Å². The van der Waals surface area contributed by atoms with E-state index in [0.29, 0.717) is 12.5 Å². The molecule has 0 aliphatic carbocycles. The number of nitrogens with two attached hydrogens (primary N) is 1. The molecule has 2 rings (SSSR count). The van der Waals surface area contributed by atoms with Crippen LogP contribution in [0.3, 0.4) is 0 Å². The van der Waals surface area contributed by atoms with E-state index in [1.807, 2.05) is 13.1 Å². The lowest BCUT2D eigenvalue weighted by Crippen LogP contribution is -2.25. The zero-order chi connectivity index (χ0) is 12.4. The van der Waals surface area contributed by atoms with Crippen molar-refractivity contribution in [2.45, 2.75) is 12.5 Å². The van der Waals surface area contributed by atoms with Crippen molar-refractivity contribution in [1.29, 1.82) is 5.26 Å². The summed E-state index contributed by atoms with van der Waals surface area (Å²) in [5.74, 6) is -0.0711. The minimum Gasteiger partial charge on any atom is -0.330 e. The Morgan fingerprint density at radius 2 is 2.35 bits per heavy atom. The lowest BCUT2D eigenvalue weighted by molar-refractivity contribution is 0.279. The topological polar surface area (TPSA) is 53.0 Å². The lowest BCUT2D eigenvalue weighted by Gasteiger charge is -2.24.